The molecule has 8 heteroatoms. The maximum Gasteiger partial charge on any atom is 0.358 e. The number of nitrogens with zero attached hydrogens (tertiary/aromatic N) is 3. The molecule has 0 aliphatic carbocycles. The molecule has 0 aliphatic heterocycles. The van der Waals surface area contributed by atoms with Crippen LogP contribution in [0.25, 0.3) is 0 Å². The molecule has 116 valence electrons. The van der Waals surface area contributed by atoms with E-state index in [0.29, 0.717) is 18.5 Å². The Morgan fingerprint density at radius 2 is 2.09 bits per heavy atom. The molecule has 0 aliphatic rings. The van der Waals surface area contributed by atoms with Gasteiger partial charge in [-0.1, -0.05) is 30.7 Å². The molecule has 2 aromatic rings. The lowest BCUT2D eigenvalue weighted by atomic mass is 10.2. The van der Waals surface area contributed by atoms with E-state index in [4.69, 9.17) is 5.11 Å². The van der Waals surface area contributed by atoms with Crippen molar-refractivity contribution in [3.8, 4) is 0 Å². The highest BCUT2D eigenvalue weighted by Gasteiger charge is 2.19. The molecule has 1 amide bonds. The Kier molecular flexibility index (Phi) is 4.82. The van der Waals surface area contributed by atoms with Crippen molar-refractivity contribution >= 4 is 17.6 Å². The SMILES string of the molecule is CCCc1c(C(=O)O)nnn1CC(=O)Nc1ccccc1F. The summed E-state index contributed by atoms with van der Waals surface area (Å²) in [4.78, 5) is 23.0. The van der Waals surface area contributed by atoms with Crippen LogP contribution in [0.5, 0.6) is 0 Å². The zero-order valence-corrected chi connectivity index (χ0v) is 11.9. The molecule has 7 nitrogen and oxygen atoms in total. The summed E-state index contributed by atoms with van der Waals surface area (Å²) in [6.45, 7) is 1.65. The van der Waals surface area contributed by atoms with E-state index in [1.807, 2.05) is 6.92 Å². The first kappa shape index (κ1) is 15.6. The number of carboxylic acid groups (broad SMARTS) is 1. The van der Waals surface area contributed by atoms with Crippen molar-refractivity contribution in [3.63, 3.8) is 0 Å². The van der Waals surface area contributed by atoms with Gasteiger partial charge in [-0.3, -0.25) is 4.79 Å². The van der Waals surface area contributed by atoms with Crippen LogP contribution in [0.2, 0.25) is 0 Å². The third-order valence-electron chi connectivity index (χ3n) is 2.97. The van der Waals surface area contributed by atoms with Crippen molar-refractivity contribution in [2.24, 2.45) is 0 Å². The Hall–Kier alpha value is -2.77. The van der Waals surface area contributed by atoms with Gasteiger partial charge in [-0.25, -0.2) is 13.9 Å². The van der Waals surface area contributed by atoms with Gasteiger partial charge in [-0.2, -0.15) is 0 Å². The fourth-order valence-corrected chi connectivity index (χ4v) is 2.00. The van der Waals surface area contributed by atoms with E-state index in [9.17, 15) is 14.0 Å². The molecule has 2 N–H and O–H groups in total. The quantitative estimate of drug-likeness (QED) is 0.846. The van der Waals surface area contributed by atoms with Crippen LogP contribution in [0.15, 0.2) is 24.3 Å². The summed E-state index contributed by atoms with van der Waals surface area (Å²) in [6.07, 6.45) is 1.12. The normalized spacial score (nSPS) is 10.5. The highest BCUT2D eigenvalue weighted by Crippen LogP contribution is 2.13. The van der Waals surface area contributed by atoms with Gasteiger partial charge in [-0.15, -0.1) is 5.10 Å². The van der Waals surface area contributed by atoms with Crippen LogP contribution in [-0.4, -0.2) is 32.0 Å². The van der Waals surface area contributed by atoms with Gasteiger partial charge in [0.25, 0.3) is 0 Å². The Morgan fingerprint density at radius 1 is 1.36 bits per heavy atom. The van der Waals surface area contributed by atoms with Crippen molar-refractivity contribution in [3.05, 3.63) is 41.5 Å². The third-order valence-corrected chi connectivity index (χ3v) is 2.97. The van der Waals surface area contributed by atoms with Crippen molar-refractivity contribution < 1.29 is 19.1 Å². The summed E-state index contributed by atoms with van der Waals surface area (Å²) < 4.78 is 14.7. The maximum atomic E-state index is 13.5. The van der Waals surface area contributed by atoms with Gasteiger partial charge >= 0.3 is 5.97 Å². The molecule has 1 heterocycles. The van der Waals surface area contributed by atoms with E-state index in [1.165, 1.54) is 22.9 Å². The number of para-hydroxylation sites is 1. The van der Waals surface area contributed by atoms with Crippen LogP contribution >= 0.6 is 0 Å². The number of aromatic nitrogens is 3. The minimum Gasteiger partial charge on any atom is -0.476 e. The molecule has 0 radical (unpaired) electrons. The lowest BCUT2D eigenvalue weighted by molar-refractivity contribution is -0.117. The van der Waals surface area contributed by atoms with Gasteiger partial charge in [0, 0.05) is 0 Å². The molecule has 0 saturated carbocycles. The highest BCUT2D eigenvalue weighted by molar-refractivity contribution is 5.91. The minimum atomic E-state index is -1.19. The standard InChI is InChI=1S/C14H15FN4O3/c1-2-5-11-13(14(21)22)17-18-19(11)8-12(20)16-10-7-4-3-6-9(10)15/h3-4,6-7H,2,5,8H2,1H3,(H,16,20)(H,21,22). The molecule has 0 atom stereocenters. The number of benzene rings is 1. The molecule has 0 unspecified atom stereocenters. The molecule has 22 heavy (non-hydrogen) atoms. The first-order valence-corrected chi connectivity index (χ1v) is 6.73. The van der Waals surface area contributed by atoms with E-state index in [-0.39, 0.29) is 17.9 Å². The fourth-order valence-electron chi connectivity index (χ4n) is 2.00. The van der Waals surface area contributed by atoms with Crippen LogP contribution < -0.4 is 5.32 Å². The fraction of sp³-hybridized carbons (Fsp3) is 0.286. The van der Waals surface area contributed by atoms with E-state index in [0.717, 1.165) is 0 Å². The van der Waals surface area contributed by atoms with Crippen molar-refractivity contribution in [1.82, 2.24) is 15.0 Å². The van der Waals surface area contributed by atoms with Gasteiger partial charge in [0.15, 0.2) is 5.69 Å². The number of halogens is 1. The van der Waals surface area contributed by atoms with Crippen LogP contribution in [0.4, 0.5) is 10.1 Å². The molecule has 0 spiro atoms. The molecule has 0 fully saturated rings. The summed E-state index contributed by atoms with van der Waals surface area (Å²) >= 11 is 0. The molecule has 2 rings (SSSR count). The predicted octanol–water partition coefficient (Wildman–Crippen LogP) is 1.71. The van der Waals surface area contributed by atoms with E-state index < -0.39 is 17.7 Å². The number of amides is 1. The largest absolute Gasteiger partial charge is 0.476 e. The Bertz CT molecular complexity index is 699. The average Bonchev–Trinajstić information content (AvgIpc) is 2.85. The van der Waals surface area contributed by atoms with Gasteiger partial charge < -0.3 is 10.4 Å². The first-order chi connectivity index (χ1) is 10.5. The topological polar surface area (TPSA) is 97.1 Å². The zero-order chi connectivity index (χ0) is 16.1. The van der Waals surface area contributed by atoms with E-state index in [1.54, 1.807) is 6.07 Å². The lowest BCUT2D eigenvalue weighted by Gasteiger charge is -2.08. The number of carbonyl (C=O) groups excluding carboxylic acids is 1. The van der Waals surface area contributed by atoms with Crippen LogP contribution in [-0.2, 0) is 17.8 Å². The van der Waals surface area contributed by atoms with Crippen molar-refractivity contribution in [2.75, 3.05) is 5.32 Å². The maximum absolute atomic E-state index is 13.5. The van der Waals surface area contributed by atoms with E-state index >= 15 is 0 Å². The third kappa shape index (κ3) is 3.46. The second kappa shape index (κ2) is 6.79. The monoisotopic (exact) mass is 306 g/mol. The number of aromatic carboxylic acids is 1. The van der Waals surface area contributed by atoms with Gasteiger partial charge in [0.05, 0.1) is 11.4 Å². The van der Waals surface area contributed by atoms with Crippen LogP contribution in [0, 0.1) is 5.82 Å². The second-order valence-corrected chi connectivity index (χ2v) is 4.63. The molecule has 1 aromatic carbocycles. The number of rotatable bonds is 6. The van der Waals surface area contributed by atoms with Gasteiger partial charge in [0.2, 0.25) is 5.91 Å². The van der Waals surface area contributed by atoms with Gasteiger partial charge in [-0.05, 0) is 18.6 Å². The molecular formula is C14H15FN4O3. The minimum absolute atomic E-state index is 0.0584. The Morgan fingerprint density at radius 3 is 2.73 bits per heavy atom. The summed E-state index contributed by atoms with van der Waals surface area (Å²) in [6, 6.07) is 5.78. The second-order valence-electron chi connectivity index (χ2n) is 4.63. The number of hydrogen-bond donors (Lipinski definition) is 2. The molecule has 0 saturated heterocycles. The molecule has 1 aromatic heterocycles. The van der Waals surface area contributed by atoms with Crippen LogP contribution in [0.3, 0.4) is 0 Å². The van der Waals surface area contributed by atoms with Gasteiger partial charge in [0.1, 0.15) is 12.4 Å². The number of carboxylic acids is 1. The van der Waals surface area contributed by atoms with Crippen LogP contribution in [0.1, 0.15) is 29.5 Å². The lowest BCUT2D eigenvalue weighted by Crippen LogP contribution is -2.22. The highest BCUT2D eigenvalue weighted by atomic mass is 19.1. The Labute approximate surface area is 125 Å². The summed E-state index contributed by atoms with van der Waals surface area (Å²) in [5.74, 6) is -2.25. The van der Waals surface area contributed by atoms with Crippen molar-refractivity contribution in [2.45, 2.75) is 26.3 Å². The van der Waals surface area contributed by atoms with Crippen molar-refractivity contribution in [1.29, 1.82) is 0 Å². The first-order valence-electron chi connectivity index (χ1n) is 6.73. The van der Waals surface area contributed by atoms with E-state index in [2.05, 4.69) is 15.6 Å². The number of anilines is 1. The molecular weight excluding hydrogens is 291 g/mol. The zero-order valence-electron chi connectivity index (χ0n) is 11.9. The Balaban J connectivity index is 2.15. The molecule has 0 bridgehead atoms. The number of hydrogen-bond acceptors (Lipinski definition) is 4. The summed E-state index contributed by atoms with van der Waals surface area (Å²) in [5.41, 5.74) is 0.266. The smallest absolute Gasteiger partial charge is 0.358 e. The summed E-state index contributed by atoms with van der Waals surface area (Å²) in [7, 11) is 0. The number of nitrogens with one attached hydrogen (secondary N) is 1. The predicted molar refractivity (Wildman–Crippen MR) is 76.0 cm³/mol. The summed E-state index contributed by atoms with van der Waals surface area (Å²) in [5, 5.41) is 18.7. The number of carbonyl (C=O) groups is 2. The average molecular weight is 306 g/mol.